The Morgan fingerprint density at radius 3 is 1.00 bits per heavy atom. The lowest BCUT2D eigenvalue weighted by molar-refractivity contribution is 1.49. The maximum absolute atomic E-state index is 7.26. The van der Waals surface area contributed by atoms with E-state index in [1.54, 1.807) is 0 Å². The van der Waals surface area contributed by atoms with Gasteiger partial charge in [-0.3, -0.25) is 0 Å². The van der Waals surface area contributed by atoms with Crippen LogP contribution >= 0.6 is 0 Å². The van der Waals surface area contributed by atoms with Gasteiger partial charge in [0.2, 0.25) is 0 Å². The van der Waals surface area contributed by atoms with E-state index in [1.165, 1.54) is 12.1 Å². The normalized spacial score (nSPS) is 1.67. The van der Waals surface area contributed by atoms with E-state index in [0.717, 1.165) is 0 Å². The highest BCUT2D eigenvalue weighted by Gasteiger charge is 1.39. The average molecular weight is 86.1 g/mol. The third kappa shape index (κ3) is 1050. The van der Waals surface area contributed by atoms with Gasteiger partial charge < -0.3 is 12.3 Å². The lowest BCUT2D eigenvalue weighted by Crippen LogP contribution is -1.26. The van der Waals surface area contributed by atoms with E-state index in [9.17, 15) is 0 Å². The first-order valence-electron chi connectivity index (χ1n) is 0.697. The summed E-state index contributed by atoms with van der Waals surface area (Å²) in [5.41, 5.74) is 0. The molecular weight excluding hydrogens is 80.0 g/mol. The Balaban J connectivity index is -0.0000000450. The van der Waals surface area contributed by atoms with Crippen molar-refractivity contribution in [3.8, 4) is 12.1 Å². The van der Waals surface area contributed by atoms with Gasteiger partial charge >= 0.3 is 0 Å². The summed E-state index contributed by atoms with van der Waals surface area (Å²) in [6.45, 7) is 0. The van der Waals surface area contributed by atoms with Gasteiger partial charge in [0, 0.05) is 0 Å². The highest BCUT2D eigenvalue weighted by atomic mass is 14.3. The zero-order valence-electron chi connectivity index (χ0n) is 3.31. The molecule has 0 aliphatic rings. The highest BCUT2D eigenvalue weighted by molar-refractivity contribution is 4.99. The fourth-order valence-electron chi connectivity index (χ4n) is 0. The minimum absolute atomic E-state index is 0. The molecule has 0 rings (SSSR count). The molecule has 0 spiro atoms. The largest absolute Gasteiger partial charge is 0.344 e. The SMILES string of the molecule is N.N.N#CC#N. The molecule has 0 atom stereocenters. The predicted octanol–water partition coefficient (Wildman–Crippen LogP) is 0.358. The van der Waals surface area contributed by atoms with Crippen molar-refractivity contribution in [1.82, 2.24) is 12.3 Å². The van der Waals surface area contributed by atoms with E-state index < -0.39 is 0 Å². The molecule has 0 aromatic carbocycles. The van der Waals surface area contributed by atoms with E-state index in [2.05, 4.69) is 0 Å². The van der Waals surface area contributed by atoms with Crippen LogP contribution in [0.1, 0.15) is 0 Å². The highest BCUT2D eigenvalue weighted by Crippen LogP contribution is 1.27. The molecule has 0 saturated carbocycles. The zero-order valence-corrected chi connectivity index (χ0v) is 3.31. The fourth-order valence-corrected chi connectivity index (χ4v) is 0. The Hall–Kier alpha value is -1.10. The van der Waals surface area contributed by atoms with Crippen LogP contribution in [0, 0.1) is 22.7 Å². The molecule has 0 fully saturated rings. The molecule has 0 amide bonds. The molecule has 0 saturated heterocycles. The Labute approximate surface area is 36.2 Å². The summed E-state index contributed by atoms with van der Waals surface area (Å²) in [7, 11) is 0. The van der Waals surface area contributed by atoms with Crippen LogP contribution in [0.3, 0.4) is 0 Å². The number of hydrogen-bond donors (Lipinski definition) is 2. The Morgan fingerprint density at radius 2 is 1.00 bits per heavy atom. The summed E-state index contributed by atoms with van der Waals surface area (Å²) in [4.78, 5) is 0. The minimum Gasteiger partial charge on any atom is -0.344 e. The Morgan fingerprint density at radius 1 is 0.833 bits per heavy atom. The number of nitrogens with zero attached hydrogens (tertiary/aromatic N) is 2. The molecule has 0 aromatic heterocycles. The topological polar surface area (TPSA) is 118 Å². The third-order valence-corrected chi connectivity index (χ3v) is 0.0500. The van der Waals surface area contributed by atoms with Crippen molar-refractivity contribution in [1.29, 1.82) is 10.5 Å². The second kappa shape index (κ2) is 40.5. The van der Waals surface area contributed by atoms with Crippen LogP contribution in [0.4, 0.5) is 0 Å². The van der Waals surface area contributed by atoms with Crippen molar-refractivity contribution in [2.24, 2.45) is 0 Å². The summed E-state index contributed by atoms with van der Waals surface area (Å²) in [5, 5.41) is 14.5. The van der Waals surface area contributed by atoms with Crippen LogP contribution in [-0.2, 0) is 0 Å². The van der Waals surface area contributed by atoms with Crippen LogP contribution in [0.2, 0.25) is 0 Å². The molecule has 0 radical (unpaired) electrons. The van der Waals surface area contributed by atoms with E-state index >= 15 is 0 Å². The molecule has 0 unspecified atom stereocenters. The first kappa shape index (κ1) is 20.6. The molecule has 6 N–H and O–H groups in total. The first-order chi connectivity index (χ1) is 1.91. The molecule has 4 heteroatoms. The monoisotopic (exact) mass is 86.1 g/mol. The van der Waals surface area contributed by atoms with Crippen molar-refractivity contribution in [3.63, 3.8) is 0 Å². The van der Waals surface area contributed by atoms with Crippen molar-refractivity contribution in [3.05, 3.63) is 0 Å². The third-order valence-electron chi connectivity index (χ3n) is 0.0500. The molecule has 4 nitrogen and oxygen atoms in total. The lowest BCUT2D eigenvalue weighted by Gasteiger charge is -1.16. The quantitative estimate of drug-likeness (QED) is 0.442. The maximum atomic E-state index is 7.26. The average Bonchev–Trinajstić information content (AvgIpc) is 1.37. The van der Waals surface area contributed by atoms with Crippen LogP contribution in [-0.4, -0.2) is 0 Å². The zero-order chi connectivity index (χ0) is 3.41. The Kier molecular flexibility index (Phi) is 139. The van der Waals surface area contributed by atoms with E-state index in [1.807, 2.05) is 0 Å². The van der Waals surface area contributed by atoms with Gasteiger partial charge in [0.15, 0.2) is 12.1 Å². The van der Waals surface area contributed by atoms with Crippen molar-refractivity contribution < 1.29 is 0 Å². The lowest BCUT2D eigenvalue weighted by atomic mass is 10.9. The molecular formula is C2H6N4. The number of nitriles is 2. The Bertz CT molecular complexity index is 60.5. The van der Waals surface area contributed by atoms with Gasteiger partial charge in [-0.15, -0.1) is 0 Å². The van der Waals surface area contributed by atoms with Gasteiger partial charge in [-0.25, -0.2) is 0 Å². The molecule has 0 bridgehead atoms. The number of hydrogen-bond acceptors (Lipinski definition) is 4. The van der Waals surface area contributed by atoms with Crippen molar-refractivity contribution >= 4 is 0 Å². The summed E-state index contributed by atoms with van der Waals surface area (Å²) in [6.07, 6.45) is 0. The maximum Gasteiger partial charge on any atom is 0.181 e. The van der Waals surface area contributed by atoms with E-state index in [4.69, 9.17) is 10.5 Å². The second-order valence-corrected chi connectivity index (χ2v) is 0.224. The summed E-state index contributed by atoms with van der Waals surface area (Å²) < 4.78 is 0. The smallest absolute Gasteiger partial charge is 0.181 e. The second-order valence-electron chi connectivity index (χ2n) is 0.224. The molecule has 0 heterocycles. The molecule has 34 valence electrons. The summed E-state index contributed by atoms with van der Waals surface area (Å²) in [6, 6.07) is 2.47. The fraction of sp³-hybridized carbons (Fsp3) is 0. The summed E-state index contributed by atoms with van der Waals surface area (Å²) in [5.74, 6) is 0. The molecule has 0 aromatic rings. The van der Waals surface area contributed by atoms with Crippen LogP contribution in [0.15, 0.2) is 0 Å². The van der Waals surface area contributed by atoms with Crippen molar-refractivity contribution in [2.75, 3.05) is 0 Å². The summed E-state index contributed by atoms with van der Waals surface area (Å²) >= 11 is 0. The van der Waals surface area contributed by atoms with Gasteiger partial charge in [0.25, 0.3) is 0 Å². The molecule has 0 aliphatic heterocycles. The van der Waals surface area contributed by atoms with E-state index in [0.29, 0.717) is 0 Å². The standard InChI is InChI=1S/C2N2.2H3N/c3-1-2-4;;/h;2*1H3. The van der Waals surface area contributed by atoms with Crippen LogP contribution in [0.25, 0.3) is 0 Å². The number of rotatable bonds is 0. The van der Waals surface area contributed by atoms with Gasteiger partial charge in [-0.2, -0.15) is 10.5 Å². The minimum atomic E-state index is 0. The van der Waals surface area contributed by atoms with Gasteiger partial charge in [0.1, 0.15) is 0 Å². The van der Waals surface area contributed by atoms with Crippen LogP contribution < -0.4 is 12.3 Å². The predicted molar refractivity (Wildman–Crippen MR) is 21.3 cm³/mol. The van der Waals surface area contributed by atoms with Crippen molar-refractivity contribution in [2.45, 2.75) is 0 Å². The van der Waals surface area contributed by atoms with E-state index in [-0.39, 0.29) is 12.3 Å². The first-order valence-corrected chi connectivity index (χ1v) is 0.697. The molecule has 0 aliphatic carbocycles. The van der Waals surface area contributed by atoms with Crippen LogP contribution in [0.5, 0.6) is 0 Å². The van der Waals surface area contributed by atoms with Gasteiger partial charge in [0.05, 0.1) is 0 Å². The molecule has 6 heavy (non-hydrogen) atoms. The van der Waals surface area contributed by atoms with Gasteiger partial charge in [-0.1, -0.05) is 0 Å². The van der Waals surface area contributed by atoms with Gasteiger partial charge in [-0.05, 0) is 0 Å².